The van der Waals surface area contributed by atoms with Crippen molar-refractivity contribution < 1.29 is 18.8 Å². The van der Waals surface area contributed by atoms with Gasteiger partial charge in [-0.1, -0.05) is 17.3 Å². The zero-order chi connectivity index (χ0) is 18.4. The number of hydrogen-bond acceptors (Lipinski definition) is 5. The van der Waals surface area contributed by atoms with Gasteiger partial charge in [0, 0.05) is 18.7 Å². The van der Waals surface area contributed by atoms with Gasteiger partial charge in [-0.25, -0.2) is 0 Å². The quantitative estimate of drug-likeness (QED) is 0.773. The second-order valence-electron chi connectivity index (χ2n) is 5.65. The fraction of sp³-hybridized carbons (Fsp3) is 0.278. The highest BCUT2D eigenvalue weighted by Gasteiger charge is 2.13. The van der Waals surface area contributed by atoms with E-state index in [2.05, 4.69) is 5.16 Å². The topological polar surface area (TPSA) is 98.7 Å². The van der Waals surface area contributed by atoms with E-state index in [9.17, 15) is 9.59 Å². The minimum absolute atomic E-state index is 0.131. The number of primary amides is 1. The molecule has 7 heteroatoms. The first-order valence-electron chi connectivity index (χ1n) is 7.73. The Morgan fingerprint density at radius 3 is 2.52 bits per heavy atom. The highest BCUT2D eigenvalue weighted by molar-refractivity contribution is 5.91. The smallest absolute Gasteiger partial charge is 0.255 e. The molecule has 0 saturated heterocycles. The van der Waals surface area contributed by atoms with E-state index in [1.807, 2.05) is 13.8 Å². The van der Waals surface area contributed by atoms with E-state index in [-0.39, 0.29) is 12.5 Å². The lowest BCUT2D eigenvalue weighted by atomic mass is 10.2. The van der Waals surface area contributed by atoms with E-state index in [1.165, 1.54) is 6.08 Å². The normalized spacial score (nSPS) is 10.8. The van der Waals surface area contributed by atoms with Crippen molar-refractivity contribution >= 4 is 17.9 Å². The summed E-state index contributed by atoms with van der Waals surface area (Å²) >= 11 is 0. The molecule has 7 nitrogen and oxygen atoms in total. The Labute approximate surface area is 146 Å². The van der Waals surface area contributed by atoms with Crippen molar-refractivity contribution in [2.75, 3.05) is 13.7 Å². The molecule has 0 spiro atoms. The van der Waals surface area contributed by atoms with Gasteiger partial charge < -0.3 is 19.9 Å². The van der Waals surface area contributed by atoms with E-state index in [0.29, 0.717) is 18.1 Å². The molecule has 0 aliphatic carbocycles. The number of amides is 2. The molecule has 2 aromatic rings. The van der Waals surface area contributed by atoms with Crippen LogP contribution in [0.5, 0.6) is 5.75 Å². The molecule has 2 N–H and O–H groups in total. The second kappa shape index (κ2) is 8.14. The van der Waals surface area contributed by atoms with E-state index in [1.54, 1.807) is 42.3 Å². The Balaban J connectivity index is 1.94. The standard InChI is InChI=1S/C18H21N3O4/c1-12-16(13(2)25-20-12)10-21(3)18(23)9-6-14-4-7-15(8-5-14)24-11-17(19)22/h4-9H,10-11H2,1-3H3,(H2,19,22)/b9-6+. The summed E-state index contributed by atoms with van der Waals surface area (Å²) in [4.78, 5) is 24.5. The van der Waals surface area contributed by atoms with Crippen LogP contribution in [-0.4, -0.2) is 35.5 Å². The number of benzene rings is 1. The lowest BCUT2D eigenvalue weighted by Gasteiger charge is -2.14. The van der Waals surface area contributed by atoms with Gasteiger partial charge in [-0.3, -0.25) is 9.59 Å². The van der Waals surface area contributed by atoms with Crippen molar-refractivity contribution in [3.8, 4) is 5.75 Å². The lowest BCUT2D eigenvalue weighted by molar-refractivity contribution is -0.125. The van der Waals surface area contributed by atoms with Gasteiger partial charge in [-0.2, -0.15) is 0 Å². The first kappa shape index (κ1) is 18.3. The van der Waals surface area contributed by atoms with Gasteiger partial charge in [0.15, 0.2) is 6.61 Å². The Morgan fingerprint density at radius 2 is 1.96 bits per heavy atom. The van der Waals surface area contributed by atoms with Crippen LogP contribution in [0.25, 0.3) is 6.08 Å². The van der Waals surface area contributed by atoms with Crippen LogP contribution in [-0.2, 0) is 16.1 Å². The van der Waals surface area contributed by atoms with Gasteiger partial charge in [0.1, 0.15) is 11.5 Å². The van der Waals surface area contributed by atoms with Crippen molar-refractivity contribution in [3.05, 3.63) is 52.9 Å². The summed E-state index contributed by atoms with van der Waals surface area (Å²) in [5.41, 5.74) is 7.56. The molecule has 0 aliphatic heterocycles. The molecule has 132 valence electrons. The molecule has 25 heavy (non-hydrogen) atoms. The molecule has 0 unspecified atom stereocenters. The molecule has 0 fully saturated rings. The molecule has 2 amide bonds. The summed E-state index contributed by atoms with van der Waals surface area (Å²) in [6.07, 6.45) is 3.21. The van der Waals surface area contributed by atoms with Crippen LogP contribution in [0.4, 0.5) is 0 Å². The molecule has 0 atom stereocenters. The van der Waals surface area contributed by atoms with Gasteiger partial charge in [-0.05, 0) is 37.6 Å². The Kier molecular flexibility index (Phi) is 5.94. The van der Waals surface area contributed by atoms with E-state index < -0.39 is 5.91 Å². The number of nitrogens with two attached hydrogens (primary N) is 1. The first-order valence-corrected chi connectivity index (χ1v) is 7.73. The summed E-state index contributed by atoms with van der Waals surface area (Å²) in [5.74, 6) is 0.593. The fourth-order valence-electron chi connectivity index (χ4n) is 2.17. The number of nitrogens with zero attached hydrogens (tertiary/aromatic N) is 2. The highest BCUT2D eigenvalue weighted by atomic mass is 16.5. The summed E-state index contributed by atoms with van der Waals surface area (Å²) in [7, 11) is 1.72. The van der Waals surface area contributed by atoms with Crippen LogP contribution in [0.3, 0.4) is 0 Å². The predicted octanol–water partition coefficient (Wildman–Crippen LogP) is 1.83. The minimum Gasteiger partial charge on any atom is -0.484 e. The largest absolute Gasteiger partial charge is 0.484 e. The molecule has 2 rings (SSSR count). The van der Waals surface area contributed by atoms with Crippen molar-refractivity contribution in [1.82, 2.24) is 10.1 Å². The second-order valence-corrected chi connectivity index (χ2v) is 5.65. The average molecular weight is 343 g/mol. The van der Waals surface area contributed by atoms with E-state index in [4.69, 9.17) is 15.0 Å². The molecule has 1 heterocycles. The average Bonchev–Trinajstić information content (AvgIpc) is 2.90. The van der Waals surface area contributed by atoms with E-state index in [0.717, 1.165) is 16.8 Å². The third-order valence-corrected chi connectivity index (χ3v) is 3.63. The number of likely N-dealkylation sites (N-methyl/N-ethyl adjacent to an activating group) is 1. The molecular formula is C18H21N3O4. The fourth-order valence-corrected chi connectivity index (χ4v) is 2.17. The van der Waals surface area contributed by atoms with Crippen LogP contribution in [0.2, 0.25) is 0 Å². The maximum Gasteiger partial charge on any atom is 0.255 e. The van der Waals surface area contributed by atoms with Crippen LogP contribution in [0.15, 0.2) is 34.9 Å². The number of rotatable bonds is 7. The number of aryl methyl sites for hydroxylation is 2. The molecule has 0 radical (unpaired) electrons. The number of ether oxygens (including phenoxy) is 1. The summed E-state index contributed by atoms with van der Waals surface area (Å²) in [6.45, 7) is 3.94. The predicted molar refractivity (Wildman–Crippen MR) is 92.6 cm³/mol. The zero-order valence-electron chi connectivity index (χ0n) is 14.5. The summed E-state index contributed by atoms with van der Waals surface area (Å²) in [5, 5.41) is 3.88. The monoisotopic (exact) mass is 343 g/mol. The molecule has 0 bridgehead atoms. The molecule has 1 aromatic carbocycles. The van der Waals surface area contributed by atoms with Crippen LogP contribution in [0, 0.1) is 13.8 Å². The van der Waals surface area contributed by atoms with Crippen molar-refractivity contribution in [1.29, 1.82) is 0 Å². The first-order chi connectivity index (χ1) is 11.9. The minimum atomic E-state index is -0.532. The Hall–Kier alpha value is -3.09. The van der Waals surface area contributed by atoms with Crippen molar-refractivity contribution in [2.45, 2.75) is 20.4 Å². The number of aromatic nitrogens is 1. The highest BCUT2D eigenvalue weighted by Crippen LogP contribution is 2.15. The SMILES string of the molecule is Cc1noc(C)c1CN(C)C(=O)/C=C/c1ccc(OCC(N)=O)cc1. The lowest BCUT2D eigenvalue weighted by Crippen LogP contribution is -2.24. The van der Waals surface area contributed by atoms with Crippen LogP contribution >= 0.6 is 0 Å². The molecule has 1 aromatic heterocycles. The number of carbonyl (C=O) groups excluding carboxylic acids is 2. The maximum atomic E-state index is 12.2. The third kappa shape index (κ3) is 5.20. The van der Waals surface area contributed by atoms with Crippen molar-refractivity contribution in [3.63, 3.8) is 0 Å². The molecule has 0 aliphatic rings. The van der Waals surface area contributed by atoms with Crippen LogP contribution in [0.1, 0.15) is 22.6 Å². The Morgan fingerprint density at radius 1 is 1.28 bits per heavy atom. The summed E-state index contributed by atoms with van der Waals surface area (Å²) < 4.78 is 10.3. The molecule has 0 saturated carbocycles. The van der Waals surface area contributed by atoms with Gasteiger partial charge >= 0.3 is 0 Å². The maximum absolute atomic E-state index is 12.2. The van der Waals surface area contributed by atoms with Gasteiger partial charge in [-0.15, -0.1) is 0 Å². The number of hydrogen-bond donors (Lipinski definition) is 1. The van der Waals surface area contributed by atoms with Crippen molar-refractivity contribution in [2.24, 2.45) is 5.73 Å². The van der Waals surface area contributed by atoms with Gasteiger partial charge in [0.25, 0.3) is 5.91 Å². The number of carbonyl (C=O) groups is 2. The van der Waals surface area contributed by atoms with Gasteiger partial charge in [0.05, 0.1) is 12.2 Å². The zero-order valence-corrected chi connectivity index (χ0v) is 14.5. The van der Waals surface area contributed by atoms with Gasteiger partial charge in [0.2, 0.25) is 5.91 Å². The third-order valence-electron chi connectivity index (χ3n) is 3.63. The summed E-state index contributed by atoms with van der Waals surface area (Å²) in [6, 6.07) is 6.99. The molecular weight excluding hydrogens is 322 g/mol. The van der Waals surface area contributed by atoms with Crippen LogP contribution < -0.4 is 10.5 Å². The Bertz CT molecular complexity index is 759. The van der Waals surface area contributed by atoms with E-state index >= 15 is 0 Å².